The van der Waals surface area contributed by atoms with E-state index in [4.69, 9.17) is 20.5 Å². The number of carbonyl (C=O) groups is 1. The number of rotatable bonds is 7. The third-order valence-corrected chi connectivity index (χ3v) is 3.93. The van der Waals surface area contributed by atoms with Crippen molar-refractivity contribution in [3.63, 3.8) is 0 Å². The van der Waals surface area contributed by atoms with E-state index in [1.54, 1.807) is 0 Å². The van der Waals surface area contributed by atoms with Crippen LogP contribution >= 0.6 is 0 Å². The van der Waals surface area contributed by atoms with Crippen molar-refractivity contribution in [2.45, 2.75) is 0 Å². The van der Waals surface area contributed by atoms with Crippen molar-refractivity contribution in [2.24, 2.45) is 5.73 Å². The Balaban J connectivity index is 1.74. The SMILES string of the molecule is N#Cc1ccc(F)c(OCCOc2cnc(C(N)=O)cc2-c2ccc(F)cc2)c1. The molecule has 3 rings (SSSR count). The molecule has 146 valence electrons. The highest BCUT2D eigenvalue weighted by Crippen LogP contribution is 2.30. The molecule has 0 radical (unpaired) electrons. The minimum atomic E-state index is -0.712. The number of ether oxygens (including phenoxy) is 2. The molecule has 1 amide bonds. The summed E-state index contributed by atoms with van der Waals surface area (Å²) < 4.78 is 37.9. The van der Waals surface area contributed by atoms with Gasteiger partial charge in [-0.1, -0.05) is 12.1 Å². The van der Waals surface area contributed by atoms with Crippen LogP contribution in [-0.2, 0) is 0 Å². The molecule has 2 aromatic carbocycles. The number of nitrogens with zero attached hydrogens (tertiary/aromatic N) is 2. The first-order valence-corrected chi connectivity index (χ1v) is 8.49. The predicted molar refractivity (Wildman–Crippen MR) is 100 cm³/mol. The predicted octanol–water partition coefficient (Wildman–Crippen LogP) is 3.46. The Bertz CT molecular complexity index is 1080. The van der Waals surface area contributed by atoms with Crippen molar-refractivity contribution >= 4 is 5.91 Å². The number of pyridine rings is 1. The van der Waals surface area contributed by atoms with Crippen LogP contribution in [0.4, 0.5) is 8.78 Å². The van der Waals surface area contributed by atoms with E-state index in [1.165, 1.54) is 48.7 Å². The Hall–Kier alpha value is -3.99. The van der Waals surface area contributed by atoms with Gasteiger partial charge in [-0.2, -0.15) is 5.26 Å². The first kappa shape index (κ1) is 19.8. The fourth-order valence-electron chi connectivity index (χ4n) is 2.53. The summed E-state index contributed by atoms with van der Waals surface area (Å²) in [6.07, 6.45) is 1.33. The highest BCUT2D eigenvalue weighted by atomic mass is 19.1. The maximum Gasteiger partial charge on any atom is 0.267 e. The molecule has 1 aromatic heterocycles. The van der Waals surface area contributed by atoms with E-state index in [0.29, 0.717) is 16.9 Å². The number of halogens is 2. The van der Waals surface area contributed by atoms with Crippen molar-refractivity contribution in [1.29, 1.82) is 5.26 Å². The quantitative estimate of drug-likeness (QED) is 0.618. The molecule has 0 atom stereocenters. The lowest BCUT2D eigenvalue weighted by Crippen LogP contribution is -2.14. The summed E-state index contributed by atoms with van der Waals surface area (Å²) in [5, 5.41) is 8.87. The number of nitrogens with two attached hydrogens (primary N) is 1. The van der Waals surface area contributed by atoms with Gasteiger partial charge >= 0.3 is 0 Å². The van der Waals surface area contributed by atoms with Crippen LogP contribution in [0, 0.1) is 23.0 Å². The smallest absolute Gasteiger partial charge is 0.267 e. The lowest BCUT2D eigenvalue weighted by atomic mass is 10.0. The topological polar surface area (TPSA) is 98.2 Å². The number of amides is 1. The number of nitriles is 1. The maximum atomic E-state index is 13.7. The van der Waals surface area contributed by atoms with Crippen LogP contribution in [0.3, 0.4) is 0 Å². The van der Waals surface area contributed by atoms with Crippen LogP contribution in [0.1, 0.15) is 16.1 Å². The number of hydrogen-bond acceptors (Lipinski definition) is 5. The molecule has 0 aliphatic carbocycles. The van der Waals surface area contributed by atoms with Crippen molar-refractivity contribution in [3.05, 3.63) is 77.6 Å². The standard InChI is InChI=1S/C21H15F2N3O3/c22-15-4-2-14(3-5-15)16-10-18(21(25)27)26-12-20(16)29-8-7-28-19-9-13(11-24)1-6-17(19)23/h1-6,9-10,12H,7-8H2,(H2,25,27). The Labute approximate surface area is 165 Å². The number of hydrogen-bond donors (Lipinski definition) is 1. The summed E-state index contributed by atoms with van der Waals surface area (Å²) >= 11 is 0. The lowest BCUT2D eigenvalue weighted by molar-refractivity contribution is 0.0995. The molecule has 0 aliphatic rings. The van der Waals surface area contributed by atoms with Crippen LogP contribution in [0.2, 0.25) is 0 Å². The van der Waals surface area contributed by atoms with Crippen molar-refractivity contribution in [3.8, 4) is 28.7 Å². The van der Waals surface area contributed by atoms with Gasteiger partial charge in [0, 0.05) is 11.6 Å². The number of primary amides is 1. The molecule has 29 heavy (non-hydrogen) atoms. The van der Waals surface area contributed by atoms with Gasteiger partial charge in [-0.3, -0.25) is 4.79 Å². The Morgan fingerprint density at radius 2 is 1.72 bits per heavy atom. The van der Waals surface area contributed by atoms with Crippen molar-refractivity contribution < 1.29 is 23.0 Å². The Morgan fingerprint density at radius 3 is 2.38 bits per heavy atom. The van der Waals surface area contributed by atoms with E-state index in [-0.39, 0.29) is 30.2 Å². The van der Waals surface area contributed by atoms with Gasteiger partial charge in [0.25, 0.3) is 5.91 Å². The van der Waals surface area contributed by atoms with E-state index < -0.39 is 17.5 Å². The zero-order valence-corrected chi connectivity index (χ0v) is 15.1. The molecule has 3 aromatic rings. The summed E-state index contributed by atoms with van der Waals surface area (Å²) in [4.78, 5) is 15.4. The monoisotopic (exact) mass is 395 g/mol. The second-order valence-corrected chi connectivity index (χ2v) is 5.89. The molecule has 2 N–H and O–H groups in total. The maximum absolute atomic E-state index is 13.7. The highest BCUT2D eigenvalue weighted by Gasteiger charge is 2.13. The molecule has 0 spiro atoms. The van der Waals surface area contributed by atoms with Crippen LogP contribution in [0.5, 0.6) is 11.5 Å². The van der Waals surface area contributed by atoms with Crippen molar-refractivity contribution in [2.75, 3.05) is 13.2 Å². The molecular weight excluding hydrogens is 380 g/mol. The molecule has 0 bridgehead atoms. The molecule has 0 saturated carbocycles. The second-order valence-electron chi connectivity index (χ2n) is 5.89. The lowest BCUT2D eigenvalue weighted by Gasteiger charge is -2.13. The van der Waals surface area contributed by atoms with Gasteiger partial charge in [0.2, 0.25) is 0 Å². The molecule has 0 fully saturated rings. The van der Waals surface area contributed by atoms with Crippen LogP contribution in [0.15, 0.2) is 54.7 Å². The fraction of sp³-hybridized carbons (Fsp3) is 0.0952. The van der Waals surface area contributed by atoms with Gasteiger partial charge in [-0.05, 0) is 35.9 Å². The summed E-state index contributed by atoms with van der Waals surface area (Å²) in [6.45, 7) is 0.0221. The van der Waals surface area contributed by atoms with Crippen molar-refractivity contribution in [1.82, 2.24) is 4.98 Å². The van der Waals surface area contributed by atoms with Gasteiger partial charge in [-0.25, -0.2) is 13.8 Å². The Morgan fingerprint density at radius 1 is 1.03 bits per heavy atom. The Kier molecular flexibility index (Phi) is 6.00. The summed E-state index contributed by atoms with van der Waals surface area (Å²) in [5.74, 6) is -1.46. The molecule has 1 heterocycles. The van der Waals surface area contributed by atoms with Crippen LogP contribution in [0.25, 0.3) is 11.1 Å². The van der Waals surface area contributed by atoms with E-state index in [1.807, 2.05) is 6.07 Å². The van der Waals surface area contributed by atoms with Crippen LogP contribution in [-0.4, -0.2) is 24.1 Å². The van der Waals surface area contributed by atoms with E-state index in [2.05, 4.69) is 4.98 Å². The molecule has 6 nitrogen and oxygen atoms in total. The molecule has 8 heteroatoms. The fourth-order valence-corrected chi connectivity index (χ4v) is 2.53. The largest absolute Gasteiger partial charge is 0.488 e. The summed E-state index contributed by atoms with van der Waals surface area (Å²) in [6, 6.07) is 12.7. The first-order chi connectivity index (χ1) is 14.0. The van der Waals surface area contributed by atoms with Gasteiger partial charge in [0.15, 0.2) is 11.6 Å². The van der Waals surface area contributed by atoms with E-state index in [0.717, 1.165) is 6.07 Å². The molecule has 0 saturated heterocycles. The van der Waals surface area contributed by atoms with Gasteiger partial charge < -0.3 is 15.2 Å². The van der Waals surface area contributed by atoms with Gasteiger partial charge in [-0.15, -0.1) is 0 Å². The zero-order chi connectivity index (χ0) is 20.8. The minimum absolute atomic E-state index is 0.00771. The average Bonchev–Trinajstić information content (AvgIpc) is 2.73. The van der Waals surface area contributed by atoms with E-state index in [9.17, 15) is 13.6 Å². The summed E-state index contributed by atoms with van der Waals surface area (Å²) in [5.41, 5.74) is 6.67. The molecule has 0 unspecified atom stereocenters. The van der Waals surface area contributed by atoms with Gasteiger partial charge in [0.1, 0.15) is 30.5 Å². The summed E-state index contributed by atoms with van der Waals surface area (Å²) in [7, 11) is 0. The average molecular weight is 395 g/mol. The second kappa shape index (κ2) is 8.80. The first-order valence-electron chi connectivity index (χ1n) is 8.49. The number of aromatic nitrogens is 1. The number of benzene rings is 2. The van der Waals surface area contributed by atoms with Crippen LogP contribution < -0.4 is 15.2 Å². The zero-order valence-electron chi connectivity index (χ0n) is 15.1. The normalized spacial score (nSPS) is 10.2. The number of carbonyl (C=O) groups excluding carboxylic acids is 1. The van der Waals surface area contributed by atoms with Gasteiger partial charge in [0.05, 0.1) is 17.8 Å². The van der Waals surface area contributed by atoms with E-state index >= 15 is 0 Å². The third-order valence-electron chi connectivity index (χ3n) is 3.93. The minimum Gasteiger partial charge on any atom is -0.488 e. The third kappa shape index (κ3) is 4.84. The highest BCUT2D eigenvalue weighted by molar-refractivity contribution is 5.92. The molecular formula is C21H15F2N3O3. The molecule has 0 aliphatic heterocycles.